The Labute approximate surface area is 91.5 Å². The van der Waals surface area contributed by atoms with E-state index in [0.717, 1.165) is 11.8 Å². The molecule has 0 saturated carbocycles. The Bertz CT molecular complexity index is 478. The number of hydrogen-bond acceptors (Lipinski definition) is 3. The van der Waals surface area contributed by atoms with Crippen molar-refractivity contribution in [3.05, 3.63) is 30.0 Å². The van der Waals surface area contributed by atoms with E-state index in [2.05, 4.69) is 4.37 Å². The molecular formula is C11H11NO2S. The minimum Gasteiger partial charge on any atom is -0.481 e. The molecule has 3 nitrogen and oxygen atoms in total. The van der Waals surface area contributed by atoms with Gasteiger partial charge in [0, 0.05) is 18.0 Å². The van der Waals surface area contributed by atoms with Crippen LogP contribution >= 0.6 is 11.5 Å². The Morgan fingerprint density at radius 2 is 2.33 bits per heavy atom. The average Bonchev–Trinajstić information content (AvgIpc) is 2.65. The normalized spacial score (nSPS) is 10.7. The van der Waals surface area contributed by atoms with Gasteiger partial charge in [-0.25, -0.2) is 0 Å². The molecule has 0 amide bonds. The van der Waals surface area contributed by atoms with Crippen LogP contribution in [0.15, 0.2) is 24.4 Å². The fourth-order valence-electron chi connectivity index (χ4n) is 1.58. The molecule has 0 saturated heterocycles. The number of fused-ring (bicyclic) bond motifs is 1. The van der Waals surface area contributed by atoms with Crippen LogP contribution in [0.3, 0.4) is 0 Å². The molecule has 1 heterocycles. The lowest BCUT2D eigenvalue weighted by Crippen LogP contribution is -1.95. The zero-order valence-corrected chi connectivity index (χ0v) is 8.96. The number of benzene rings is 1. The third-order valence-corrected chi connectivity index (χ3v) is 3.19. The third-order valence-electron chi connectivity index (χ3n) is 2.30. The molecule has 0 aliphatic heterocycles. The van der Waals surface area contributed by atoms with Crippen LogP contribution in [0.4, 0.5) is 0 Å². The van der Waals surface area contributed by atoms with Crippen molar-refractivity contribution in [1.82, 2.24) is 4.37 Å². The van der Waals surface area contributed by atoms with E-state index in [1.54, 1.807) is 0 Å². The van der Waals surface area contributed by atoms with E-state index < -0.39 is 5.97 Å². The molecule has 0 aliphatic carbocycles. The van der Waals surface area contributed by atoms with Crippen molar-refractivity contribution in [3.63, 3.8) is 0 Å². The third kappa shape index (κ3) is 2.33. The van der Waals surface area contributed by atoms with E-state index in [1.807, 2.05) is 24.4 Å². The van der Waals surface area contributed by atoms with Crippen LogP contribution in [0, 0.1) is 0 Å². The van der Waals surface area contributed by atoms with Gasteiger partial charge in [-0.2, -0.15) is 4.37 Å². The highest BCUT2D eigenvalue weighted by molar-refractivity contribution is 7.13. The summed E-state index contributed by atoms with van der Waals surface area (Å²) in [5, 5.41) is 9.70. The summed E-state index contributed by atoms with van der Waals surface area (Å²) in [6.45, 7) is 0. The zero-order valence-electron chi connectivity index (χ0n) is 8.14. The average molecular weight is 221 g/mol. The topological polar surface area (TPSA) is 50.2 Å². The highest BCUT2D eigenvalue weighted by Crippen LogP contribution is 2.23. The zero-order chi connectivity index (χ0) is 10.7. The van der Waals surface area contributed by atoms with Gasteiger partial charge in [0.2, 0.25) is 0 Å². The quantitative estimate of drug-likeness (QED) is 0.863. The van der Waals surface area contributed by atoms with Crippen molar-refractivity contribution < 1.29 is 9.90 Å². The number of carbonyl (C=O) groups is 1. The van der Waals surface area contributed by atoms with Crippen LogP contribution in [0.25, 0.3) is 10.1 Å². The van der Waals surface area contributed by atoms with Crippen molar-refractivity contribution in [1.29, 1.82) is 0 Å². The number of aryl methyl sites for hydroxylation is 1. The van der Waals surface area contributed by atoms with Crippen LogP contribution in [0.1, 0.15) is 18.4 Å². The fraction of sp³-hybridized carbons (Fsp3) is 0.273. The first kappa shape index (κ1) is 10.1. The molecule has 0 atom stereocenters. The van der Waals surface area contributed by atoms with Gasteiger partial charge < -0.3 is 5.11 Å². The summed E-state index contributed by atoms with van der Waals surface area (Å²) >= 11 is 1.48. The summed E-state index contributed by atoms with van der Waals surface area (Å²) in [7, 11) is 0. The summed E-state index contributed by atoms with van der Waals surface area (Å²) in [4.78, 5) is 10.4. The predicted molar refractivity (Wildman–Crippen MR) is 60.2 cm³/mol. The second-order valence-corrected chi connectivity index (χ2v) is 4.21. The predicted octanol–water partition coefficient (Wildman–Crippen LogP) is 2.70. The SMILES string of the molecule is O=C(O)CCCc1cccc2cnsc12. The number of aromatic nitrogens is 1. The minimum atomic E-state index is -0.730. The number of rotatable bonds is 4. The molecule has 0 spiro atoms. The van der Waals surface area contributed by atoms with Crippen LogP contribution < -0.4 is 0 Å². The Hall–Kier alpha value is -1.42. The molecular weight excluding hydrogens is 210 g/mol. The van der Waals surface area contributed by atoms with Crippen LogP contribution in [0.5, 0.6) is 0 Å². The van der Waals surface area contributed by atoms with Crippen LogP contribution in [0.2, 0.25) is 0 Å². The van der Waals surface area contributed by atoms with Gasteiger partial charge in [0.1, 0.15) is 0 Å². The van der Waals surface area contributed by atoms with Crippen molar-refractivity contribution in [2.75, 3.05) is 0 Å². The van der Waals surface area contributed by atoms with Gasteiger partial charge in [-0.05, 0) is 29.9 Å². The van der Waals surface area contributed by atoms with Crippen molar-refractivity contribution in [2.24, 2.45) is 0 Å². The first-order chi connectivity index (χ1) is 7.27. The van der Waals surface area contributed by atoms with Gasteiger partial charge in [0.25, 0.3) is 0 Å². The highest BCUT2D eigenvalue weighted by Gasteiger charge is 2.04. The fourth-order valence-corrected chi connectivity index (χ4v) is 2.37. The van der Waals surface area contributed by atoms with Gasteiger partial charge in [-0.15, -0.1) is 0 Å². The van der Waals surface area contributed by atoms with E-state index in [9.17, 15) is 4.79 Å². The van der Waals surface area contributed by atoms with Gasteiger partial charge >= 0.3 is 5.97 Å². The van der Waals surface area contributed by atoms with E-state index in [0.29, 0.717) is 6.42 Å². The Balaban J connectivity index is 2.13. The molecule has 4 heteroatoms. The molecule has 15 heavy (non-hydrogen) atoms. The van der Waals surface area contributed by atoms with Crippen molar-refractivity contribution in [2.45, 2.75) is 19.3 Å². The smallest absolute Gasteiger partial charge is 0.303 e. The molecule has 2 rings (SSSR count). The van der Waals surface area contributed by atoms with E-state index >= 15 is 0 Å². The number of nitrogens with zero attached hydrogens (tertiary/aromatic N) is 1. The Morgan fingerprint density at radius 3 is 3.13 bits per heavy atom. The van der Waals surface area contributed by atoms with Gasteiger partial charge in [-0.1, -0.05) is 18.2 Å². The maximum atomic E-state index is 10.4. The Kier molecular flexibility index (Phi) is 2.97. The van der Waals surface area contributed by atoms with Crippen molar-refractivity contribution >= 4 is 27.6 Å². The van der Waals surface area contributed by atoms with Crippen LogP contribution in [-0.4, -0.2) is 15.4 Å². The second-order valence-electron chi connectivity index (χ2n) is 3.41. The summed E-state index contributed by atoms with van der Waals surface area (Å²) in [5.41, 5.74) is 1.20. The lowest BCUT2D eigenvalue weighted by Gasteiger charge is -2.00. The molecule has 1 aromatic heterocycles. The molecule has 0 bridgehead atoms. The number of carboxylic acid groups (broad SMARTS) is 1. The minimum absolute atomic E-state index is 0.231. The van der Waals surface area contributed by atoms with E-state index in [-0.39, 0.29) is 6.42 Å². The summed E-state index contributed by atoms with van der Waals surface area (Å²) in [5.74, 6) is -0.730. The molecule has 0 aliphatic rings. The molecule has 2 aromatic rings. The summed E-state index contributed by atoms with van der Waals surface area (Å²) < 4.78 is 5.31. The first-order valence-electron chi connectivity index (χ1n) is 4.81. The molecule has 0 fully saturated rings. The maximum Gasteiger partial charge on any atom is 0.303 e. The van der Waals surface area contributed by atoms with Crippen molar-refractivity contribution in [3.8, 4) is 0 Å². The molecule has 0 unspecified atom stereocenters. The Morgan fingerprint density at radius 1 is 1.47 bits per heavy atom. The number of hydrogen-bond donors (Lipinski definition) is 1. The molecule has 78 valence electrons. The van der Waals surface area contributed by atoms with Gasteiger partial charge in [0.05, 0.1) is 4.70 Å². The van der Waals surface area contributed by atoms with Crippen LogP contribution in [-0.2, 0) is 11.2 Å². The largest absolute Gasteiger partial charge is 0.481 e. The lowest BCUT2D eigenvalue weighted by molar-refractivity contribution is -0.137. The second kappa shape index (κ2) is 4.40. The first-order valence-corrected chi connectivity index (χ1v) is 5.59. The van der Waals surface area contributed by atoms with Gasteiger partial charge in [-0.3, -0.25) is 4.79 Å². The molecule has 1 N–H and O–H groups in total. The summed E-state index contributed by atoms with van der Waals surface area (Å²) in [6.07, 6.45) is 3.58. The van der Waals surface area contributed by atoms with E-state index in [1.165, 1.54) is 21.8 Å². The standard InChI is InChI=1S/C11H11NO2S/c13-10(14)6-2-4-8-3-1-5-9-7-12-15-11(8)9/h1,3,5,7H,2,4,6H2,(H,13,14). The molecule has 1 aromatic carbocycles. The molecule has 0 radical (unpaired) electrons. The maximum absolute atomic E-state index is 10.4. The monoisotopic (exact) mass is 221 g/mol. The number of aliphatic carboxylic acids is 1. The highest BCUT2D eigenvalue weighted by atomic mass is 32.1. The lowest BCUT2D eigenvalue weighted by atomic mass is 10.1. The number of carboxylic acids is 1. The van der Waals surface area contributed by atoms with E-state index in [4.69, 9.17) is 5.11 Å². The van der Waals surface area contributed by atoms with Gasteiger partial charge in [0.15, 0.2) is 0 Å². The summed E-state index contributed by atoms with van der Waals surface area (Å²) in [6, 6.07) is 6.06.